The van der Waals surface area contributed by atoms with Crippen molar-refractivity contribution in [2.45, 2.75) is 64.7 Å². The maximum atomic E-state index is 12.7. The minimum atomic E-state index is -1.38. The molecule has 0 aromatic heterocycles. The summed E-state index contributed by atoms with van der Waals surface area (Å²) >= 11 is 3.85. The van der Waals surface area contributed by atoms with Crippen molar-refractivity contribution in [3.05, 3.63) is 0 Å². The summed E-state index contributed by atoms with van der Waals surface area (Å²) in [6, 6.07) is -4.40. The van der Waals surface area contributed by atoms with Gasteiger partial charge in [0.2, 0.25) is 17.7 Å². The minimum absolute atomic E-state index is 0.0826. The summed E-state index contributed by atoms with van der Waals surface area (Å²) in [6.07, 6.45) is 1.26. The van der Waals surface area contributed by atoms with Gasteiger partial charge >= 0.3 is 5.97 Å². The molecule has 0 aromatic carbocycles. The third kappa shape index (κ3) is 8.58. The van der Waals surface area contributed by atoms with Crippen molar-refractivity contribution in [1.82, 2.24) is 16.0 Å². The predicted octanol–water partition coefficient (Wildman–Crippen LogP) is -1.13. The molecule has 6 atom stereocenters. The van der Waals surface area contributed by atoms with Crippen LogP contribution in [-0.2, 0) is 19.2 Å². The zero-order valence-corrected chi connectivity index (χ0v) is 18.2. The summed E-state index contributed by atoms with van der Waals surface area (Å²) in [5.41, 5.74) is 5.92. The molecule has 0 rings (SSSR count). The second-order valence-corrected chi connectivity index (χ2v) is 7.47. The first-order chi connectivity index (χ1) is 13.5. The number of aliphatic hydroxyl groups excluding tert-OH is 1. The fraction of sp³-hybridized carbons (Fsp3) is 0.778. The fourth-order valence-electron chi connectivity index (χ4n) is 2.38. The Morgan fingerprint density at radius 1 is 0.897 bits per heavy atom. The van der Waals surface area contributed by atoms with Crippen LogP contribution in [0.1, 0.15) is 40.5 Å². The fourth-order valence-corrected chi connectivity index (χ4v) is 2.62. The highest BCUT2D eigenvalue weighted by Crippen LogP contribution is 2.11. The lowest BCUT2D eigenvalue weighted by Crippen LogP contribution is -2.60. The van der Waals surface area contributed by atoms with E-state index in [0.717, 1.165) is 0 Å². The van der Waals surface area contributed by atoms with E-state index in [9.17, 15) is 24.3 Å². The van der Waals surface area contributed by atoms with Gasteiger partial charge in [-0.15, -0.1) is 0 Å². The van der Waals surface area contributed by atoms with Gasteiger partial charge in [0.1, 0.15) is 18.1 Å². The van der Waals surface area contributed by atoms with E-state index in [1.807, 2.05) is 20.8 Å². The number of carboxylic acids is 1. The molecule has 0 fully saturated rings. The Morgan fingerprint density at radius 2 is 1.41 bits per heavy atom. The topological polar surface area (TPSA) is 171 Å². The molecule has 6 unspecified atom stereocenters. The number of amides is 3. The van der Waals surface area contributed by atoms with E-state index in [1.165, 1.54) is 0 Å². The standard InChI is InChI=1S/C18H34N4O6S/c1-5-9(3)13(19)16(25)22-14(10(4)6-2)17(26)20-11(7-23)15(24)21-12(8-29)18(27)28/h9-14,23,29H,5-8,19H2,1-4H3,(H,20,26)(H,21,24)(H,22,25)(H,27,28). The van der Waals surface area contributed by atoms with E-state index >= 15 is 0 Å². The van der Waals surface area contributed by atoms with Gasteiger partial charge in [0, 0.05) is 5.75 Å². The zero-order chi connectivity index (χ0) is 22.7. The van der Waals surface area contributed by atoms with Crippen LogP contribution in [0, 0.1) is 11.8 Å². The molecule has 0 aliphatic heterocycles. The molecule has 0 aliphatic rings. The molecule has 11 heteroatoms. The van der Waals surface area contributed by atoms with Crippen molar-refractivity contribution < 1.29 is 29.4 Å². The number of carbonyl (C=O) groups is 4. The van der Waals surface area contributed by atoms with Crippen molar-refractivity contribution in [3.8, 4) is 0 Å². The first-order valence-corrected chi connectivity index (χ1v) is 10.3. The molecule has 168 valence electrons. The number of carbonyl (C=O) groups excluding carboxylic acids is 3. The van der Waals surface area contributed by atoms with E-state index in [-0.39, 0.29) is 17.6 Å². The Morgan fingerprint density at radius 3 is 1.83 bits per heavy atom. The van der Waals surface area contributed by atoms with Gasteiger partial charge in [0.25, 0.3) is 0 Å². The summed E-state index contributed by atoms with van der Waals surface area (Å²) in [4.78, 5) is 48.4. The lowest BCUT2D eigenvalue weighted by Gasteiger charge is -2.28. The largest absolute Gasteiger partial charge is 0.480 e. The minimum Gasteiger partial charge on any atom is -0.480 e. The van der Waals surface area contributed by atoms with Crippen molar-refractivity contribution in [1.29, 1.82) is 0 Å². The van der Waals surface area contributed by atoms with Crippen LogP contribution in [0.3, 0.4) is 0 Å². The average Bonchev–Trinajstić information content (AvgIpc) is 2.71. The molecule has 0 radical (unpaired) electrons. The number of hydrogen-bond donors (Lipinski definition) is 7. The highest BCUT2D eigenvalue weighted by molar-refractivity contribution is 7.80. The number of aliphatic hydroxyl groups is 1. The monoisotopic (exact) mass is 434 g/mol. The zero-order valence-electron chi connectivity index (χ0n) is 17.3. The normalized spacial score (nSPS) is 17.2. The SMILES string of the molecule is CCC(C)C(N)C(=O)NC(C(=O)NC(CO)C(=O)NC(CS)C(=O)O)C(C)CC. The highest BCUT2D eigenvalue weighted by Gasteiger charge is 2.32. The van der Waals surface area contributed by atoms with Crippen molar-refractivity contribution in [3.63, 3.8) is 0 Å². The Hall–Kier alpha value is -1.85. The predicted molar refractivity (Wildman–Crippen MR) is 111 cm³/mol. The summed E-state index contributed by atoms with van der Waals surface area (Å²) in [5.74, 6) is -3.82. The van der Waals surface area contributed by atoms with Gasteiger partial charge in [-0.3, -0.25) is 14.4 Å². The molecule has 0 aliphatic carbocycles. The number of hydrogen-bond acceptors (Lipinski definition) is 7. The maximum absolute atomic E-state index is 12.7. The Bertz CT molecular complexity index is 577. The van der Waals surface area contributed by atoms with Crippen LogP contribution in [0.25, 0.3) is 0 Å². The van der Waals surface area contributed by atoms with Crippen LogP contribution in [0.4, 0.5) is 0 Å². The molecule has 10 nitrogen and oxygen atoms in total. The van der Waals surface area contributed by atoms with Crippen LogP contribution in [0.5, 0.6) is 0 Å². The second-order valence-electron chi connectivity index (χ2n) is 7.11. The smallest absolute Gasteiger partial charge is 0.327 e. The molecule has 0 saturated carbocycles. The molecule has 3 amide bonds. The summed E-state index contributed by atoms with van der Waals surface area (Å²) in [7, 11) is 0. The highest BCUT2D eigenvalue weighted by atomic mass is 32.1. The second kappa shape index (κ2) is 13.4. The van der Waals surface area contributed by atoms with Crippen molar-refractivity contribution in [2.75, 3.05) is 12.4 Å². The van der Waals surface area contributed by atoms with Gasteiger partial charge in [0.15, 0.2) is 0 Å². The van der Waals surface area contributed by atoms with Gasteiger partial charge in [-0.1, -0.05) is 40.5 Å². The summed E-state index contributed by atoms with van der Waals surface area (Å²) in [6.45, 7) is 6.58. The van der Waals surface area contributed by atoms with Crippen LogP contribution < -0.4 is 21.7 Å². The number of nitrogens with one attached hydrogen (secondary N) is 3. The lowest BCUT2D eigenvalue weighted by atomic mass is 9.95. The molecular weight excluding hydrogens is 400 g/mol. The number of rotatable bonds is 13. The molecule has 7 N–H and O–H groups in total. The van der Waals surface area contributed by atoms with Crippen molar-refractivity contribution in [2.24, 2.45) is 17.6 Å². The van der Waals surface area contributed by atoms with Gasteiger partial charge in [0.05, 0.1) is 12.6 Å². The Labute approximate surface area is 176 Å². The molecule has 0 bridgehead atoms. The van der Waals surface area contributed by atoms with E-state index in [2.05, 4.69) is 28.6 Å². The van der Waals surface area contributed by atoms with Gasteiger partial charge < -0.3 is 31.9 Å². The first-order valence-electron chi connectivity index (χ1n) is 9.65. The number of thiol groups is 1. The van der Waals surface area contributed by atoms with Gasteiger partial charge in [-0.05, 0) is 11.8 Å². The maximum Gasteiger partial charge on any atom is 0.327 e. The third-order valence-electron chi connectivity index (χ3n) is 4.97. The molecule has 29 heavy (non-hydrogen) atoms. The number of carboxylic acid groups (broad SMARTS) is 1. The Balaban J connectivity index is 5.26. The van der Waals surface area contributed by atoms with Crippen LogP contribution in [0.15, 0.2) is 0 Å². The van der Waals surface area contributed by atoms with E-state index in [4.69, 9.17) is 10.8 Å². The van der Waals surface area contributed by atoms with Crippen LogP contribution in [-0.4, -0.2) is 70.4 Å². The van der Waals surface area contributed by atoms with Crippen LogP contribution >= 0.6 is 12.6 Å². The molecule has 0 saturated heterocycles. The molecular formula is C18H34N4O6S. The van der Waals surface area contributed by atoms with Crippen molar-refractivity contribution >= 4 is 36.3 Å². The summed E-state index contributed by atoms with van der Waals surface area (Å²) in [5, 5.41) is 25.6. The van der Waals surface area contributed by atoms with Crippen LogP contribution in [0.2, 0.25) is 0 Å². The average molecular weight is 435 g/mol. The first kappa shape index (κ1) is 27.1. The van der Waals surface area contributed by atoms with E-state index < -0.39 is 54.5 Å². The summed E-state index contributed by atoms with van der Waals surface area (Å²) < 4.78 is 0. The lowest BCUT2D eigenvalue weighted by molar-refractivity contribution is -0.142. The molecule has 0 heterocycles. The van der Waals surface area contributed by atoms with Gasteiger partial charge in [-0.25, -0.2) is 4.79 Å². The third-order valence-corrected chi connectivity index (χ3v) is 5.33. The molecule has 0 aromatic rings. The quantitative estimate of drug-likeness (QED) is 0.180. The number of nitrogens with two attached hydrogens (primary N) is 1. The molecule has 0 spiro atoms. The Kier molecular flexibility index (Phi) is 12.5. The number of aliphatic carboxylic acids is 1. The van der Waals surface area contributed by atoms with E-state index in [1.54, 1.807) is 6.92 Å². The van der Waals surface area contributed by atoms with E-state index in [0.29, 0.717) is 12.8 Å². The van der Waals surface area contributed by atoms with Gasteiger partial charge in [-0.2, -0.15) is 12.6 Å².